The van der Waals surface area contributed by atoms with E-state index in [-0.39, 0.29) is 11.9 Å². The first-order valence-electron chi connectivity index (χ1n) is 10.7. The van der Waals surface area contributed by atoms with Crippen LogP contribution >= 0.6 is 24.0 Å². The second kappa shape index (κ2) is 10.2. The highest BCUT2D eigenvalue weighted by Crippen LogP contribution is 2.39. The molecule has 34 heavy (non-hydrogen) atoms. The van der Waals surface area contributed by atoms with E-state index in [0.717, 1.165) is 16.7 Å². The third-order valence-corrected chi connectivity index (χ3v) is 6.88. The zero-order valence-corrected chi connectivity index (χ0v) is 20.6. The van der Waals surface area contributed by atoms with Crippen molar-refractivity contribution in [2.24, 2.45) is 0 Å². The lowest BCUT2D eigenvalue weighted by molar-refractivity contribution is -0.123. The first-order chi connectivity index (χ1) is 16.4. The number of rotatable bonds is 6. The number of methoxy groups -OCH3 is 1. The molecule has 0 N–H and O–H groups in total. The van der Waals surface area contributed by atoms with E-state index < -0.39 is 5.97 Å². The third kappa shape index (κ3) is 4.90. The van der Waals surface area contributed by atoms with Gasteiger partial charge in [0, 0.05) is 0 Å². The highest BCUT2D eigenvalue weighted by molar-refractivity contribution is 8.26. The number of ether oxygens (including phenoxy) is 2. The summed E-state index contributed by atoms with van der Waals surface area (Å²) in [5, 5.41) is 0. The molecule has 1 heterocycles. The molecule has 0 aliphatic carbocycles. The van der Waals surface area contributed by atoms with Crippen molar-refractivity contribution in [3.05, 3.63) is 100.0 Å². The van der Waals surface area contributed by atoms with Gasteiger partial charge in [-0.05, 0) is 54.8 Å². The van der Waals surface area contributed by atoms with E-state index in [4.69, 9.17) is 21.7 Å². The lowest BCUT2D eigenvalue weighted by Crippen LogP contribution is -2.30. The predicted octanol–water partition coefficient (Wildman–Crippen LogP) is 6.19. The molecule has 3 aromatic rings. The Hall–Kier alpha value is -3.42. The molecule has 172 valence electrons. The van der Waals surface area contributed by atoms with Crippen LogP contribution in [-0.4, -0.2) is 28.2 Å². The highest BCUT2D eigenvalue weighted by atomic mass is 32.2. The van der Waals surface area contributed by atoms with E-state index in [0.29, 0.717) is 26.3 Å². The van der Waals surface area contributed by atoms with Gasteiger partial charge in [0.1, 0.15) is 4.32 Å². The number of esters is 1. The Morgan fingerprint density at radius 3 is 2.44 bits per heavy atom. The SMILES string of the molecule is COc1cc(/C=C2\SC(=S)N(C(C)c3ccccc3)C2=O)ccc1OC(=O)c1ccccc1C. The predicted molar refractivity (Wildman–Crippen MR) is 139 cm³/mol. The molecule has 0 aromatic heterocycles. The topological polar surface area (TPSA) is 55.8 Å². The maximum atomic E-state index is 13.1. The van der Waals surface area contributed by atoms with Crippen molar-refractivity contribution in [3.8, 4) is 11.5 Å². The molecule has 1 aliphatic rings. The number of carbonyl (C=O) groups excluding carboxylic acids is 2. The van der Waals surface area contributed by atoms with Gasteiger partial charge in [0.05, 0.1) is 23.6 Å². The van der Waals surface area contributed by atoms with Crippen LogP contribution < -0.4 is 9.47 Å². The van der Waals surface area contributed by atoms with E-state index in [1.54, 1.807) is 41.3 Å². The minimum Gasteiger partial charge on any atom is -0.493 e. The number of thioether (sulfide) groups is 1. The van der Waals surface area contributed by atoms with Crippen LogP contribution in [0.5, 0.6) is 11.5 Å². The minimum atomic E-state index is -0.458. The summed E-state index contributed by atoms with van der Waals surface area (Å²) in [6.45, 7) is 3.81. The summed E-state index contributed by atoms with van der Waals surface area (Å²) < 4.78 is 11.5. The molecule has 0 radical (unpaired) electrons. The van der Waals surface area contributed by atoms with Gasteiger partial charge in [0.25, 0.3) is 5.91 Å². The molecule has 3 aromatic carbocycles. The Morgan fingerprint density at radius 2 is 1.74 bits per heavy atom. The largest absolute Gasteiger partial charge is 0.493 e. The summed E-state index contributed by atoms with van der Waals surface area (Å²) in [6, 6.07) is 22.0. The second-order valence-corrected chi connectivity index (χ2v) is 9.43. The summed E-state index contributed by atoms with van der Waals surface area (Å²) in [5.74, 6) is 0.0993. The fourth-order valence-corrected chi connectivity index (χ4v) is 5.08. The molecule has 1 atom stereocenters. The minimum absolute atomic E-state index is 0.139. The van der Waals surface area contributed by atoms with Crippen LogP contribution in [0.25, 0.3) is 6.08 Å². The molecule has 1 amide bonds. The zero-order valence-electron chi connectivity index (χ0n) is 19.0. The van der Waals surface area contributed by atoms with Gasteiger partial charge in [-0.2, -0.15) is 0 Å². The number of carbonyl (C=O) groups is 2. The van der Waals surface area contributed by atoms with E-state index in [1.165, 1.54) is 18.9 Å². The Morgan fingerprint density at radius 1 is 1.03 bits per heavy atom. The molecule has 0 saturated carbocycles. The van der Waals surface area contributed by atoms with Crippen LogP contribution in [-0.2, 0) is 4.79 Å². The summed E-state index contributed by atoms with van der Waals surface area (Å²) in [5.41, 5.74) is 3.07. The van der Waals surface area contributed by atoms with Gasteiger partial charge in [-0.1, -0.05) is 78.6 Å². The summed E-state index contributed by atoms with van der Waals surface area (Å²) in [4.78, 5) is 27.9. The number of nitrogens with zero attached hydrogens (tertiary/aromatic N) is 1. The fourth-order valence-electron chi connectivity index (χ4n) is 3.66. The molecular formula is C27H23NO4S2. The zero-order chi connectivity index (χ0) is 24.2. The number of hydrogen-bond acceptors (Lipinski definition) is 6. The Labute approximate surface area is 208 Å². The molecule has 7 heteroatoms. The number of aryl methyl sites for hydroxylation is 1. The maximum absolute atomic E-state index is 13.1. The number of amides is 1. The van der Waals surface area contributed by atoms with Crippen LogP contribution in [0.1, 0.15) is 40.0 Å². The summed E-state index contributed by atoms with van der Waals surface area (Å²) in [7, 11) is 1.51. The van der Waals surface area contributed by atoms with Gasteiger partial charge in [-0.3, -0.25) is 9.69 Å². The van der Waals surface area contributed by atoms with E-state index in [1.807, 2.05) is 56.3 Å². The molecule has 0 bridgehead atoms. The van der Waals surface area contributed by atoms with Gasteiger partial charge >= 0.3 is 5.97 Å². The van der Waals surface area contributed by atoms with Crippen molar-refractivity contribution in [2.45, 2.75) is 19.9 Å². The summed E-state index contributed by atoms with van der Waals surface area (Å²) >= 11 is 6.78. The average molecular weight is 490 g/mol. The van der Waals surface area contributed by atoms with Crippen molar-refractivity contribution >= 4 is 46.3 Å². The lowest BCUT2D eigenvalue weighted by Gasteiger charge is -2.23. The summed E-state index contributed by atoms with van der Waals surface area (Å²) in [6.07, 6.45) is 1.77. The van der Waals surface area contributed by atoms with Crippen molar-refractivity contribution in [1.82, 2.24) is 4.90 Å². The maximum Gasteiger partial charge on any atom is 0.343 e. The van der Waals surface area contributed by atoms with Crippen molar-refractivity contribution in [1.29, 1.82) is 0 Å². The van der Waals surface area contributed by atoms with Crippen LogP contribution in [0.15, 0.2) is 77.7 Å². The van der Waals surface area contributed by atoms with Gasteiger partial charge in [-0.25, -0.2) is 4.79 Å². The number of hydrogen-bond donors (Lipinski definition) is 0. The normalized spacial score (nSPS) is 15.5. The Bertz CT molecular complexity index is 1290. The molecule has 0 spiro atoms. The van der Waals surface area contributed by atoms with Crippen LogP contribution in [0.3, 0.4) is 0 Å². The molecule has 5 nitrogen and oxygen atoms in total. The molecular weight excluding hydrogens is 466 g/mol. The lowest BCUT2D eigenvalue weighted by atomic mass is 10.1. The van der Waals surface area contributed by atoms with Crippen LogP contribution in [0, 0.1) is 6.92 Å². The first kappa shape index (κ1) is 23.7. The Balaban J connectivity index is 1.55. The van der Waals surface area contributed by atoms with Crippen molar-refractivity contribution in [2.75, 3.05) is 7.11 Å². The van der Waals surface area contributed by atoms with E-state index >= 15 is 0 Å². The quantitative estimate of drug-likeness (QED) is 0.178. The molecule has 1 fully saturated rings. The average Bonchev–Trinajstić information content (AvgIpc) is 3.12. The van der Waals surface area contributed by atoms with Crippen molar-refractivity contribution < 1.29 is 19.1 Å². The smallest absolute Gasteiger partial charge is 0.343 e. The van der Waals surface area contributed by atoms with Gasteiger partial charge in [0.2, 0.25) is 0 Å². The number of benzene rings is 3. The number of thiocarbonyl (C=S) groups is 1. The second-order valence-electron chi connectivity index (χ2n) is 7.75. The molecule has 1 aliphatic heterocycles. The van der Waals surface area contributed by atoms with Crippen LogP contribution in [0.2, 0.25) is 0 Å². The standard InChI is InChI=1S/C27H23NO4S2/c1-17-9-7-8-12-21(17)26(30)32-22-14-13-19(15-23(22)31-3)16-24-25(29)28(27(33)34-24)18(2)20-10-5-4-6-11-20/h4-16,18H,1-3H3/b24-16-. The van der Waals surface area contributed by atoms with E-state index in [9.17, 15) is 9.59 Å². The fraction of sp³-hybridized carbons (Fsp3) is 0.148. The highest BCUT2D eigenvalue weighted by Gasteiger charge is 2.35. The molecule has 1 saturated heterocycles. The molecule has 4 rings (SSSR count). The van der Waals surface area contributed by atoms with Gasteiger partial charge in [-0.15, -0.1) is 0 Å². The monoisotopic (exact) mass is 489 g/mol. The third-order valence-electron chi connectivity index (χ3n) is 5.55. The first-order valence-corrected chi connectivity index (χ1v) is 11.9. The molecule has 1 unspecified atom stereocenters. The van der Waals surface area contributed by atoms with Crippen LogP contribution in [0.4, 0.5) is 0 Å². The van der Waals surface area contributed by atoms with Crippen molar-refractivity contribution in [3.63, 3.8) is 0 Å². The van der Waals surface area contributed by atoms with Gasteiger partial charge in [0.15, 0.2) is 11.5 Å². The van der Waals surface area contributed by atoms with E-state index in [2.05, 4.69) is 0 Å². The Kier molecular flexibility index (Phi) is 7.14. The van der Waals surface area contributed by atoms with Gasteiger partial charge < -0.3 is 9.47 Å².